The average molecular weight is 362 g/mol. The Labute approximate surface area is 153 Å². The van der Waals surface area contributed by atoms with E-state index in [0.717, 1.165) is 12.8 Å². The largest absolute Gasteiger partial charge is 0.378 e. The molecule has 0 aromatic carbocycles. The van der Waals surface area contributed by atoms with Crippen molar-refractivity contribution in [3.63, 3.8) is 0 Å². The molecule has 0 heterocycles. The van der Waals surface area contributed by atoms with Crippen molar-refractivity contribution in [2.24, 2.45) is 5.18 Å². The molecule has 0 saturated heterocycles. The summed E-state index contributed by atoms with van der Waals surface area (Å²) in [4.78, 5) is 10.9. The molecule has 0 aliphatic heterocycles. The maximum atomic E-state index is 10.9. The van der Waals surface area contributed by atoms with Gasteiger partial charge in [-0.15, -0.1) is 4.91 Å². The summed E-state index contributed by atoms with van der Waals surface area (Å²) in [6.45, 7) is 6.90. The quantitative estimate of drug-likeness (QED) is 0.203. The second kappa shape index (κ2) is 16.9. The predicted molar refractivity (Wildman–Crippen MR) is 100 cm³/mol. The Morgan fingerprint density at radius 3 is 1.92 bits per heavy atom. The number of hydrogen-bond acceptors (Lipinski definition) is 6. The molecule has 6 heteroatoms. The van der Waals surface area contributed by atoms with E-state index in [-0.39, 0.29) is 13.2 Å². The molecule has 0 rings (SSSR count). The third kappa shape index (κ3) is 12.4. The van der Waals surface area contributed by atoms with Gasteiger partial charge in [0, 0.05) is 25.0 Å². The highest BCUT2D eigenvalue weighted by atomic mass is 16.7. The van der Waals surface area contributed by atoms with Crippen LogP contribution < -0.4 is 0 Å². The zero-order valence-electron chi connectivity index (χ0n) is 16.5. The van der Waals surface area contributed by atoms with Gasteiger partial charge in [0.2, 0.25) is 0 Å². The predicted octanol–water partition coefficient (Wildman–Crippen LogP) is 4.78. The van der Waals surface area contributed by atoms with Crippen molar-refractivity contribution in [2.45, 2.75) is 97.0 Å². The second-order valence-electron chi connectivity index (χ2n) is 6.38. The summed E-state index contributed by atoms with van der Waals surface area (Å²) in [7, 11) is 0. The molecule has 2 unspecified atom stereocenters. The molecule has 1 N–H and O–H groups in total. The van der Waals surface area contributed by atoms with Crippen LogP contribution in [0.15, 0.2) is 5.18 Å². The summed E-state index contributed by atoms with van der Waals surface area (Å²) in [5, 5.41) is 12.8. The minimum Gasteiger partial charge on any atom is -0.378 e. The number of hydrogen-bond donors (Lipinski definition) is 1. The number of ether oxygens (including phenoxy) is 3. The lowest BCUT2D eigenvalue weighted by Crippen LogP contribution is -2.47. The highest BCUT2D eigenvalue weighted by molar-refractivity contribution is 4.76. The fraction of sp³-hybridized carbons (Fsp3) is 1.00. The summed E-state index contributed by atoms with van der Waals surface area (Å²) in [6, 6.07) is 0. The standard InChI is InChI=1S/C19H39NO5/c1-4-7-8-9-10-11-12-13-14-15-16-23-17-18(24-5-2)19(21,20-22)25-6-3/h18,21H,4-17H2,1-3H3. The van der Waals surface area contributed by atoms with Crippen LogP contribution in [-0.2, 0) is 14.2 Å². The molecule has 0 radical (unpaired) electrons. The van der Waals surface area contributed by atoms with Gasteiger partial charge in [-0.05, 0) is 20.3 Å². The molecule has 0 fully saturated rings. The van der Waals surface area contributed by atoms with Crippen molar-refractivity contribution in [2.75, 3.05) is 26.4 Å². The zero-order chi connectivity index (χ0) is 18.8. The first kappa shape index (κ1) is 24.4. The van der Waals surface area contributed by atoms with E-state index in [4.69, 9.17) is 14.2 Å². The molecule has 6 nitrogen and oxygen atoms in total. The van der Waals surface area contributed by atoms with Crippen molar-refractivity contribution in [3.8, 4) is 0 Å². The average Bonchev–Trinajstić information content (AvgIpc) is 2.61. The van der Waals surface area contributed by atoms with Gasteiger partial charge in [-0.3, -0.25) is 0 Å². The van der Waals surface area contributed by atoms with Gasteiger partial charge in [0.25, 0.3) is 0 Å². The van der Waals surface area contributed by atoms with Crippen molar-refractivity contribution >= 4 is 0 Å². The first-order valence-corrected chi connectivity index (χ1v) is 10.0. The Kier molecular flexibility index (Phi) is 16.5. The number of aliphatic hydroxyl groups is 1. The van der Waals surface area contributed by atoms with E-state index < -0.39 is 12.0 Å². The second-order valence-corrected chi connectivity index (χ2v) is 6.38. The number of nitroso groups, excluding NO2 is 1. The highest BCUT2D eigenvalue weighted by Gasteiger charge is 2.41. The Morgan fingerprint density at radius 1 is 0.880 bits per heavy atom. The Balaban J connectivity index is 3.70. The van der Waals surface area contributed by atoms with Gasteiger partial charge < -0.3 is 19.3 Å². The van der Waals surface area contributed by atoms with Crippen molar-refractivity contribution < 1.29 is 19.3 Å². The van der Waals surface area contributed by atoms with Gasteiger partial charge in [-0.2, -0.15) is 0 Å². The molecule has 0 aromatic rings. The van der Waals surface area contributed by atoms with Crippen LogP contribution in [0.2, 0.25) is 0 Å². The minimum absolute atomic E-state index is 0.0908. The molecule has 25 heavy (non-hydrogen) atoms. The minimum atomic E-state index is -2.18. The zero-order valence-corrected chi connectivity index (χ0v) is 16.5. The third-order valence-electron chi connectivity index (χ3n) is 4.19. The Hall–Kier alpha value is -0.560. The molecule has 0 bridgehead atoms. The topological polar surface area (TPSA) is 77.4 Å². The molecular weight excluding hydrogens is 322 g/mol. The van der Waals surface area contributed by atoms with Gasteiger partial charge in [0.05, 0.1) is 6.61 Å². The first-order valence-electron chi connectivity index (χ1n) is 10.0. The van der Waals surface area contributed by atoms with E-state index >= 15 is 0 Å². The van der Waals surface area contributed by atoms with Gasteiger partial charge in [-0.25, -0.2) is 0 Å². The normalized spacial score (nSPS) is 15.0. The molecule has 0 spiro atoms. The lowest BCUT2D eigenvalue weighted by atomic mass is 10.1. The van der Waals surface area contributed by atoms with Crippen molar-refractivity contribution in [1.29, 1.82) is 0 Å². The lowest BCUT2D eigenvalue weighted by Gasteiger charge is -2.28. The van der Waals surface area contributed by atoms with Crippen molar-refractivity contribution in [3.05, 3.63) is 4.91 Å². The van der Waals surface area contributed by atoms with Crippen LogP contribution in [0, 0.1) is 4.91 Å². The van der Waals surface area contributed by atoms with Crippen LogP contribution in [0.4, 0.5) is 0 Å². The SMILES string of the molecule is CCCCCCCCCCCCOCC(OCC)C(O)(N=O)OCC. The molecule has 150 valence electrons. The van der Waals surface area contributed by atoms with Gasteiger partial charge in [0.15, 0.2) is 6.10 Å². The molecule has 0 aliphatic rings. The van der Waals surface area contributed by atoms with Crippen LogP contribution in [-0.4, -0.2) is 43.5 Å². The van der Waals surface area contributed by atoms with E-state index in [0.29, 0.717) is 13.2 Å². The molecular formula is C19H39NO5. The molecule has 2 atom stereocenters. The summed E-state index contributed by atoms with van der Waals surface area (Å²) < 4.78 is 15.9. The van der Waals surface area contributed by atoms with E-state index in [1.807, 2.05) is 0 Å². The molecule has 0 aliphatic carbocycles. The van der Waals surface area contributed by atoms with E-state index in [1.54, 1.807) is 13.8 Å². The monoisotopic (exact) mass is 361 g/mol. The Bertz CT molecular complexity index is 304. The van der Waals surface area contributed by atoms with Gasteiger partial charge in [-0.1, -0.05) is 64.7 Å². The Morgan fingerprint density at radius 2 is 1.44 bits per heavy atom. The molecule has 0 aromatic heterocycles. The van der Waals surface area contributed by atoms with E-state index in [1.165, 1.54) is 51.4 Å². The lowest BCUT2D eigenvalue weighted by molar-refractivity contribution is -0.269. The third-order valence-corrected chi connectivity index (χ3v) is 4.19. The fourth-order valence-corrected chi connectivity index (χ4v) is 2.74. The van der Waals surface area contributed by atoms with Gasteiger partial charge >= 0.3 is 5.91 Å². The smallest absolute Gasteiger partial charge is 0.334 e. The first-order chi connectivity index (χ1) is 12.1. The van der Waals surface area contributed by atoms with E-state index in [2.05, 4.69) is 12.1 Å². The van der Waals surface area contributed by atoms with Crippen LogP contribution in [0.1, 0.15) is 85.0 Å². The molecule has 0 saturated carbocycles. The maximum absolute atomic E-state index is 10.9. The van der Waals surface area contributed by atoms with Crippen LogP contribution in [0.3, 0.4) is 0 Å². The van der Waals surface area contributed by atoms with Crippen molar-refractivity contribution in [1.82, 2.24) is 0 Å². The fourth-order valence-electron chi connectivity index (χ4n) is 2.74. The highest BCUT2D eigenvalue weighted by Crippen LogP contribution is 2.18. The van der Waals surface area contributed by atoms with Crippen LogP contribution >= 0.6 is 0 Å². The number of nitrogens with zero attached hydrogens (tertiary/aromatic N) is 1. The molecule has 0 amide bonds. The van der Waals surface area contributed by atoms with Crippen LogP contribution in [0.25, 0.3) is 0 Å². The summed E-state index contributed by atoms with van der Waals surface area (Å²) >= 11 is 0. The number of unbranched alkanes of at least 4 members (excludes halogenated alkanes) is 9. The summed E-state index contributed by atoms with van der Waals surface area (Å²) in [6.07, 6.45) is 11.8. The van der Waals surface area contributed by atoms with Crippen LogP contribution in [0.5, 0.6) is 0 Å². The van der Waals surface area contributed by atoms with E-state index in [9.17, 15) is 10.0 Å². The van der Waals surface area contributed by atoms with Gasteiger partial charge in [0.1, 0.15) is 0 Å². The number of rotatable bonds is 19. The summed E-state index contributed by atoms with van der Waals surface area (Å²) in [5.74, 6) is -2.18. The maximum Gasteiger partial charge on any atom is 0.334 e. The summed E-state index contributed by atoms with van der Waals surface area (Å²) in [5.41, 5.74) is 0.